The Hall–Kier alpha value is -2.21. The van der Waals surface area contributed by atoms with E-state index in [4.69, 9.17) is 0 Å². The minimum absolute atomic E-state index is 0.0489. The van der Waals surface area contributed by atoms with Crippen molar-refractivity contribution < 1.29 is 9.18 Å². The Morgan fingerprint density at radius 1 is 1.36 bits per heavy atom. The van der Waals surface area contributed by atoms with Crippen molar-refractivity contribution in [1.29, 1.82) is 0 Å². The molecule has 0 fully saturated rings. The highest BCUT2D eigenvalue weighted by Gasteiger charge is 2.27. The van der Waals surface area contributed by atoms with Gasteiger partial charge in [-0.2, -0.15) is 0 Å². The molecule has 116 valence electrons. The van der Waals surface area contributed by atoms with E-state index < -0.39 is 0 Å². The maximum atomic E-state index is 12.8. The summed E-state index contributed by atoms with van der Waals surface area (Å²) in [6.07, 6.45) is 4.12. The van der Waals surface area contributed by atoms with Gasteiger partial charge in [0.15, 0.2) is 0 Å². The number of rotatable bonds is 5. The standard InChI is InChI=1S/C16H19FN4O/c17-12-5-3-11(4-6-12)2-1-8-19-16(22)15-14-13(7-9-18-15)20-10-21-14/h3-6,10,15,18H,1-2,7-9H2,(H,19,22)(H,20,21)/t15-/m1/s1. The van der Waals surface area contributed by atoms with Gasteiger partial charge in [-0.05, 0) is 30.5 Å². The third kappa shape index (κ3) is 3.33. The number of carbonyl (C=O) groups is 1. The van der Waals surface area contributed by atoms with Crippen LogP contribution in [0.5, 0.6) is 0 Å². The maximum Gasteiger partial charge on any atom is 0.243 e. The lowest BCUT2D eigenvalue weighted by Gasteiger charge is -2.22. The van der Waals surface area contributed by atoms with E-state index in [1.165, 1.54) is 12.1 Å². The summed E-state index contributed by atoms with van der Waals surface area (Å²) in [5.41, 5.74) is 2.90. The second kappa shape index (κ2) is 6.70. The van der Waals surface area contributed by atoms with E-state index >= 15 is 0 Å². The van der Waals surface area contributed by atoms with Crippen LogP contribution in [0.4, 0.5) is 4.39 Å². The van der Waals surface area contributed by atoms with Gasteiger partial charge in [0.2, 0.25) is 5.91 Å². The average Bonchev–Trinajstić information content (AvgIpc) is 3.01. The van der Waals surface area contributed by atoms with Gasteiger partial charge >= 0.3 is 0 Å². The van der Waals surface area contributed by atoms with Crippen molar-refractivity contribution in [1.82, 2.24) is 20.6 Å². The number of benzene rings is 1. The predicted octanol–water partition coefficient (Wildman–Crippen LogP) is 1.48. The van der Waals surface area contributed by atoms with Crippen LogP contribution in [0.15, 0.2) is 30.6 Å². The number of hydrogen-bond donors (Lipinski definition) is 3. The van der Waals surface area contributed by atoms with E-state index in [0.717, 1.165) is 42.8 Å². The van der Waals surface area contributed by atoms with Gasteiger partial charge in [0.25, 0.3) is 0 Å². The van der Waals surface area contributed by atoms with E-state index in [1.54, 1.807) is 18.5 Å². The lowest BCUT2D eigenvalue weighted by atomic mass is 10.0. The van der Waals surface area contributed by atoms with Crippen molar-refractivity contribution in [2.45, 2.75) is 25.3 Å². The fraction of sp³-hybridized carbons (Fsp3) is 0.375. The third-order valence-corrected chi connectivity index (χ3v) is 3.87. The quantitative estimate of drug-likeness (QED) is 0.733. The molecule has 1 amide bonds. The van der Waals surface area contributed by atoms with E-state index in [-0.39, 0.29) is 17.8 Å². The van der Waals surface area contributed by atoms with Gasteiger partial charge in [-0.3, -0.25) is 4.79 Å². The zero-order valence-electron chi connectivity index (χ0n) is 12.2. The monoisotopic (exact) mass is 302 g/mol. The first-order valence-corrected chi connectivity index (χ1v) is 7.52. The van der Waals surface area contributed by atoms with Crippen LogP contribution in [0.1, 0.15) is 29.4 Å². The summed E-state index contributed by atoms with van der Waals surface area (Å²) in [6, 6.07) is 6.09. The van der Waals surface area contributed by atoms with Crippen molar-refractivity contribution in [3.8, 4) is 0 Å². The first kappa shape index (κ1) is 14.7. The Kier molecular flexibility index (Phi) is 4.48. The molecule has 5 nitrogen and oxygen atoms in total. The number of nitrogens with zero attached hydrogens (tertiary/aromatic N) is 1. The maximum absolute atomic E-state index is 12.8. The molecule has 6 heteroatoms. The minimum atomic E-state index is -0.374. The SMILES string of the molecule is O=C(NCCCc1ccc(F)cc1)[C@@H]1NCCc2[nH]cnc21. The summed E-state index contributed by atoms with van der Waals surface area (Å²) in [4.78, 5) is 19.5. The van der Waals surface area contributed by atoms with Gasteiger partial charge in [-0.15, -0.1) is 0 Å². The molecule has 3 rings (SSSR count). The Morgan fingerprint density at radius 2 is 2.18 bits per heavy atom. The average molecular weight is 302 g/mol. The highest BCUT2D eigenvalue weighted by Crippen LogP contribution is 2.19. The summed E-state index contributed by atoms with van der Waals surface area (Å²) in [7, 11) is 0. The Labute approximate surface area is 128 Å². The van der Waals surface area contributed by atoms with Crippen LogP contribution in [0.2, 0.25) is 0 Å². The molecule has 1 aliphatic rings. The van der Waals surface area contributed by atoms with Crippen molar-refractivity contribution in [2.75, 3.05) is 13.1 Å². The number of aryl methyl sites for hydroxylation is 1. The summed E-state index contributed by atoms with van der Waals surface area (Å²) in [6.45, 7) is 1.36. The highest BCUT2D eigenvalue weighted by molar-refractivity contribution is 5.83. The number of hydrogen-bond acceptors (Lipinski definition) is 3. The van der Waals surface area contributed by atoms with Gasteiger partial charge in [0, 0.05) is 25.2 Å². The first-order chi connectivity index (χ1) is 10.7. The van der Waals surface area contributed by atoms with Crippen LogP contribution in [0.25, 0.3) is 0 Å². The molecule has 0 bridgehead atoms. The van der Waals surface area contributed by atoms with Crippen LogP contribution in [0, 0.1) is 5.82 Å². The molecule has 2 heterocycles. The van der Waals surface area contributed by atoms with Crippen LogP contribution < -0.4 is 10.6 Å². The number of halogens is 1. The molecule has 0 radical (unpaired) electrons. The predicted molar refractivity (Wildman–Crippen MR) is 80.8 cm³/mol. The molecule has 1 aliphatic heterocycles. The zero-order chi connectivity index (χ0) is 15.4. The van der Waals surface area contributed by atoms with Gasteiger partial charge in [0.05, 0.1) is 12.0 Å². The normalized spacial score (nSPS) is 17.0. The summed E-state index contributed by atoms with van der Waals surface area (Å²) in [5.74, 6) is -0.276. The summed E-state index contributed by atoms with van der Waals surface area (Å²) in [5, 5.41) is 6.13. The molecule has 2 aromatic rings. The lowest BCUT2D eigenvalue weighted by Crippen LogP contribution is -2.41. The number of aromatic amines is 1. The topological polar surface area (TPSA) is 69.8 Å². The highest BCUT2D eigenvalue weighted by atomic mass is 19.1. The molecule has 1 aromatic carbocycles. The van der Waals surface area contributed by atoms with Crippen LogP contribution in [-0.2, 0) is 17.6 Å². The number of imidazole rings is 1. The van der Waals surface area contributed by atoms with E-state index in [9.17, 15) is 9.18 Å². The minimum Gasteiger partial charge on any atom is -0.354 e. The number of amides is 1. The smallest absolute Gasteiger partial charge is 0.243 e. The molecule has 3 N–H and O–H groups in total. The molecule has 0 saturated carbocycles. The Bertz CT molecular complexity index is 638. The van der Waals surface area contributed by atoms with Crippen molar-refractivity contribution in [3.05, 3.63) is 53.4 Å². The van der Waals surface area contributed by atoms with Crippen LogP contribution in [-0.4, -0.2) is 29.0 Å². The number of fused-ring (bicyclic) bond motifs is 1. The van der Waals surface area contributed by atoms with Gasteiger partial charge in [-0.1, -0.05) is 12.1 Å². The Balaban J connectivity index is 1.46. The van der Waals surface area contributed by atoms with Crippen molar-refractivity contribution in [3.63, 3.8) is 0 Å². The third-order valence-electron chi connectivity index (χ3n) is 3.87. The van der Waals surface area contributed by atoms with Gasteiger partial charge in [0.1, 0.15) is 11.9 Å². The van der Waals surface area contributed by atoms with Gasteiger partial charge in [-0.25, -0.2) is 9.37 Å². The number of H-pyrrole nitrogens is 1. The summed E-state index contributed by atoms with van der Waals surface area (Å²) >= 11 is 0. The van der Waals surface area contributed by atoms with Gasteiger partial charge < -0.3 is 15.6 Å². The lowest BCUT2D eigenvalue weighted by molar-refractivity contribution is -0.123. The van der Waals surface area contributed by atoms with E-state index in [0.29, 0.717) is 6.54 Å². The summed E-state index contributed by atoms with van der Waals surface area (Å²) < 4.78 is 12.8. The first-order valence-electron chi connectivity index (χ1n) is 7.52. The molecule has 0 saturated heterocycles. The van der Waals surface area contributed by atoms with Crippen molar-refractivity contribution >= 4 is 5.91 Å². The fourth-order valence-electron chi connectivity index (χ4n) is 2.69. The van der Waals surface area contributed by atoms with Crippen molar-refractivity contribution in [2.24, 2.45) is 0 Å². The molecule has 22 heavy (non-hydrogen) atoms. The molecule has 1 atom stereocenters. The Morgan fingerprint density at radius 3 is 3.00 bits per heavy atom. The molecule has 0 unspecified atom stereocenters. The second-order valence-corrected chi connectivity index (χ2v) is 5.42. The zero-order valence-corrected chi connectivity index (χ0v) is 12.2. The van der Waals surface area contributed by atoms with Crippen LogP contribution in [0.3, 0.4) is 0 Å². The second-order valence-electron chi connectivity index (χ2n) is 5.42. The molecule has 0 aliphatic carbocycles. The number of aromatic nitrogens is 2. The van der Waals surface area contributed by atoms with E-state index in [2.05, 4.69) is 20.6 Å². The number of carbonyl (C=O) groups excluding carboxylic acids is 1. The molecular weight excluding hydrogens is 283 g/mol. The fourth-order valence-corrected chi connectivity index (χ4v) is 2.69. The molecule has 1 aromatic heterocycles. The van der Waals surface area contributed by atoms with Crippen LogP contribution >= 0.6 is 0 Å². The molecular formula is C16H19FN4O. The molecule has 0 spiro atoms. The number of nitrogens with one attached hydrogen (secondary N) is 3. The van der Waals surface area contributed by atoms with E-state index in [1.807, 2.05) is 0 Å². The largest absolute Gasteiger partial charge is 0.354 e.